The van der Waals surface area contributed by atoms with Crippen molar-refractivity contribution in [2.45, 2.75) is 5.41 Å². The van der Waals surface area contributed by atoms with Gasteiger partial charge >= 0.3 is 0 Å². The highest BCUT2D eigenvalue weighted by atomic mass is 16.7. The molecule has 1 amide bonds. The number of carbonyl (C=O) groups excluding carboxylic acids is 1. The molecule has 2 aliphatic rings. The van der Waals surface area contributed by atoms with E-state index >= 15 is 0 Å². The molecule has 0 spiro atoms. The van der Waals surface area contributed by atoms with Crippen molar-refractivity contribution in [2.24, 2.45) is 0 Å². The Labute approximate surface area is 160 Å². The lowest BCUT2D eigenvalue weighted by atomic mass is 9.70. The van der Waals surface area contributed by atoms with Gasteiger partial charge in [-0.05, 0) is 29.8 Å². The van der Waals surface area contributed by atoms with Crippen molar-refractivity contribution in [1.82, 2.24) is 4.98 Å². The third-order valence-electron chi connectivity index (χ3n) is 5.72. The molecule has 0 saturated carbocycles. The van der Waals surface area contributed by atoms with Crippen molar-refractivity contribution in [3.8, 4) is 11.5 Å². The predicted molar refractivity (Wildman–Crippen MR) is 106 cm³/mol. The maximum atomic E-state index is 13.6. The summed E-state index contributed by atoms with van der Waals surface area (Å²) in [6.45, 7) is 0.196. The van der Waals surface area contributed by atoms with Crippen LogP contribution in [0.4, 0.5) is 5.69 Å². The van der Waals surface area contributed by atoms with Crippen LogP contribution in [0, 0.1) is 0 Å². The number of nitrogens with one attached hydrogen (secondary N) is 2. The average molecular weight is 368 g/mol. The Morgan fingerprint density at radius 1 is 0.857 bits per heavy atom. The van der Waals surface area contributed by atoms with Crippen LogP contribution in [0.25, 0.3) is 10.9 Å². The Kier molecular flexibility index (Phi) is 2.95. The minimum atomic E-state index is -0.975. The van der Waals surface area contributed by atoms with Gasteiger partial charge in [-0.3, -0.25) is 4.79 Å². The number of anilines is 1. The first kappa shape index (κ1) is 15.3. The minimum Gasteiger partial charge on any atom is -0.454 e. The summed E-state index contributed by atoms with van der Waals surface area (Å²) in [6, 6.07) is 21.7. The lowest BCUT2D eigenvalue weighted by molar-refractivity contribution is -0.118. The quantitative estimate of drug-likeness (QED) is 0.558. The molecule has 4 aromatic rings. The number of amides is 1. The number of aromatic nitrogens is 1. The highest BCUT2D eigenvalue weighted by molar-refractivity contribution is 6.13. The number of para-hydroxylation sites is 2. The summed E-state index contributed by atoms with van der Waals surface area (Å²) in [7, 11) is 0. The summed E-state index contributed by atoms with van der Waals surface area (Å²) in [5, 5.41) is 4.10. The number of carbonyl (C=O) groups is 1. The maximum absolute atomic E-state index is 13.6. The van der Waals surface area contributed by atoms with E-state index in [0.717, 1.165) is 33.3 Å². The molecule has 1 unspecified atom stereocenters. The molecular formula is C23H16N2O3. The van der Waals surface area contributed by atoms with Crippen LogP contribution in [0.5, 0.6) is 11.5 Å². The first-order valence-electron chi connectivity index (χ1n) is 9.16. The molecule has 5 heteroatoms. The summed E-state index contributed by atoms with van der Waals surface area (Å²) in [6.07, 6.45) is 1.94. The van der Waals surface area contributed by atoms with Gasteiger partial charge in [-0.25, -0.2) is 0 Å². The highest BCUT2D eigenvalue weighted by Crippen LogP contribution is 2.51. The van der Waals surface area contributed by atoms with E-state index in [0.29, 0.717) is 11.5 Å². The molecule has 2 N–H and O–H groups in total. The summed E-state index contributed by atoms with van der Waals surface area (Å²) in [5.41, 5.74) is 3.55. The summed E-state index contributed by atoms with van der Waals surface area (Å²) in [4.78, 5) is 16.9. The molecule has 28 heavy (non-hydrogen) atoms. The topological polar surface area (TPSA) is 63.4 Å². The van der Waals surface area contributed by atoms with Gasteiger partial charge in [0, 0.05) is 33.9 Å². The minimum absolute atomic E-state index is 0.0719. The molecule has 136 valence electrons. The molecule has 3 heterocycles. The van der Waals surface area contributed by atoms with Crippen LogP contribution in [-0.4, -0.2) is 17.7 Å². The molecular weight excluding hydrogens is 352 g/mol. The van der Waals surface area contributed by atoms with Crippen molar-refractivity contribution in [3.05, 3.63) is 89.6 Å². The number of benzene rings is 3. The Hall–Kier alpha value is -3.73. The van der Waals surface area contributed by atoms with Crippen LogP contribution in [0.1, 0.15) is 16.7 Å². The second-order valence-electron chi connectivity index (χ2n) is 7.07. The summed E-state index contributed by atoms with van der Waals surface area (Å²) >= 11 is 0. The van der Waals surface area contributed by atoms with E-state index in [1.165, 1.54) is 0 Å². The van der Waals surface area contributed by atoms with Gasteiger partial charge in [-0.15, -0.1) is 0 Å². The second kappa shape index (κ2) is 5.39. The second-order valence-corrected chi connectivity index (χ2v) is 7.07. The molecule has 2 aliphatic heterocycles. The molecule has 3 aromatic carbocycles. The normalized spacial score (nSPS) is 19.6. The van der Waals surface area contributed by atoms with Crippen LogP contribution in [0.2, 0.25) is 0 Å². The zero-order valence-corrected chi connectivity index (χ0v) is 14.9. The zero-order chi connectivity index (χ0) is 18.7. The summed E-state index contributed by atoms with van der Waals surface area (Å²) < 4.78 is 11.1. The third kappa shape index (κ3) is 1.83. The largest absolute Gasteiger partial charge is 0.454 e. The van der Waals surface area contributed by atoms with Crippen molar-refractivity contribution >= 4 is 22.5 Å². The van der Waals surface area contributed by atoms with Crippen LogP contribution in [-0.2, 0) is 10.2 Å². The number of hydrogen-bond acceptors (Lipinski definition) is 3. The fraction of sp³-hybridized carbons (Fsp3) is 0.0870. The predicted octanol–water partition coefficient (Wildman–Crippen LogP) is 4.18. The van der Waals surface area contributed by atoms with Gasteiger partial charge in [-0.2, -0.15) is 0 Å². The molecule has 0 aliphatic carbocycles. The van der Waals surface area contributed by atoms with Gasteiger partial charge in [0.1, 0.15) is 5.41 Å². The van der Waals surface area contributed by atoms with Gasteiger partial charge in [0.05, 0.1) is 0 Å². The monoisotopic (exact) mass is 368 g/mol. The Balaban J connectivity index is 1.72. The van der Waals surface area contributed by atoms with Crippen LogP contribution in [0.3, 0.4) is 0 Å². The van der Waals surface area contributed by atoms with Gasteiger partial charge in [-0.1, -0.05) is 42.5 Å². The molecule has 1 aromatic heterocycles. The van der Waals surface area contributed by atoms with Crippen LogP contribution in [0.15, 0.2) is 72.9 Å². The Morgan fingerprint density at radius 3 is 2.64 bits per heavy atom. The average Bonchev–Trinajstić information content (AvgIpc) is 3.42. The lowest BCUT2D eigenvalue weighted by Gasteiger charge is -2.28. The van der Waals surface area contributed by atoms with Crippen molar-refractivity contribution in [1.29, 1.82) is 0 Å². The standard InChI is InChI=1S/C23H16N2O3/c26-22-23(16-6-2-4-8-19(16)25-22,14-9-10-20-21(11-14)28-13-27-20)17-12-24-18-7-3-1-5-15(17)18/h1-12,24H,13H2,(H,25,26). The van der Waals surface area contributed by atoms with Gasteiger partial charge in [0.2, 0.25) is 12.7 Å². The number of fused-ring (bicyclic) bond motifs is 3. The van der Waals surface area contributed by atoms with Crippen molar-refractivity contribution < 1.29 is 14.3 Å². The fourth-order valence-corrected chi connectivity index (χ4v) is 4.48. The third-order valence-corrected chi connectivity index (χ3v) is 5.72. The smallest absolute Gasteiger partial charge is 0.244 e. The van der Waals surface area contributed by atoms with Gasteiger partial charge in [0.15, 0.2) is 11.5 Å². The van der Waals surface area contributed by atoms with E-state index in [1.807, 2.05) is 72.9 Å². The van der Waals surface area contributed by atoms with Crippen molar-refractivity contribution in [3.63, 3.8) is 0 Å². The number of ether oxygens (including phenoxy) is 2. The van der Waals surface area contributed by atoms with Crippen molar-refractivity contribution in [2.75, 3.05) is 12.1 Å². The molecule has 0 saturated heterocycles. The molecule has 0 fully saturated rings. The van der Waals surface area contributed by atoms with E-state index in [1.54, 1.807) is 0 Å². The molecule has 6 rings (SSSR count). The number of hydrogen-bond donors (Lipinski definition) is 2. The fourth-order valence-electron chi connectivity index (χ4n) is 4.48. The first-order chi connectivity index (χ1) is 13.8. The van der Waals surface area contributed by atoms with E-state index < -0.39 is 5.41 Å². The first-order valence-corrected chi connectivity index (χ1v) is 9.16. The number of H-pyrrole nitrogens is 1. The van der Waals surface area contributed by atoms with E-state index in [-0.39, 0.29) is 12.7 Å². The van der Waals surface area contributed by atoms with E-state index in [4.69, 9.17) is 9.47 Å². The Bertz CT molecular complexity index is 1260. The zero-order valence-electron chi connectivity index (χ0n) is 14.9. The Morgan fingerprint density at radius 2 is 1.68 bits per heavy atom. The van der Waals surface area contributed by atoms with Gasteiger partial charge < -0.3 is 19.8 Å². The molecule has 0 bridgehead atoms. The highest BCUT2D eigenvalue weighted by Gasteiger charge is 2.51. The van der Waals surface area contributed by atoms with E-state index in [9.17, 15) is 4.79 Å². The SMILES string of the molecule is O=C1Nc2ccccc2C1(c1ccc2c(c1)OCO2)c1c[nH]c2ccccc12. The number of rotatable bonds is 2. The number of aromatic amines is 1. The molecule has 1 atom stereocenters. The van der Waals surface area contributed by atoms with Crippen LogP contribution >= 0.6 is 0 Å². The van der Waals surface area contributed by atoms with Crippen LogP contribution < -0.4 is 14.8 Å². The van der Waals surface area contributed by atoms with E-state index in [2.05, 4.69) is 10.3 Å². The molecule has 0 radical (unpaired) electrons. The lowest BCUT2D eigenvalue weighted by Crippen LogP contribution is -2.36. The molecule has 5 nitrogen and oxygen atoms in total. The summed E-state index contributed by atoms with van der Waals surface area (Å²) in [5.74, 6) is 1.29. The maximum Gasteiger partial charge on any atom is 0.244 e. The van der Waals surface area contributed by atoms with Gasteiger partial charge in [0.25, 0.3) is 0 Å².